The molecule has 0 radical (unpaired) electrons. The van der Waals surface area contributed by atoms with Crippen LogP contribution in [0.3, 0.4) is 0 Å². The first-order chi connectivity index (χ1) is 7.34. The van der Waals surface area contributed by atoms with Gasteiger partial charge >= 0.3 is 0 Å². The summed E-state index contributed by atoms with van der Waals surface area (Å²) in [4.78, 5) is 0. The summed E-state index contributed by atoms with van der Waals surface area (Å²) < 4.78 is 0. The Morgan fingerprint density at radius 2 is 1.93 bits per heavy atom. The first-order valence-corrected chi connectivity index (χ1v) is 5.52. The summed E-state index contributed by atoms with van der Waals surface area (Å²) in [6, 6.07) is 8.20. The molecule has 0 aromatic heterocycles. The summed E-state index contributed by atoms with van der Waals surface area (Å²) in [5, 5.41) is 0. The monoisotopic (exact) mass is 199 g/mol. The van der Waals surface area contributed by atoms with Gasteiger partial charge in [-0.25, -0.2) is 0 Å². The smallest absolute Gasteiger partial charge is 0.0314 e. The molecule has 0 aliphatic heterocycles. The lowest BCUT2D eigenvalue weighted by atomic mass is 9.93. The van der Waals surface area contributed by atoms with Crippen LogP contribution >= 0.6 is 0 Å². The van der Waals surface area contributed by atoms with Crippen LogP contribution in [0, 0.1) is 5.92 Å². The highest BCUT2D eigenvalue weighted by Gasteiger charge is 2.05. The van der Waals surface area contributed by atoms with Gasteiger partial charge in [-0.3, -0.25) is 0 Å². The quantitative estimate of drug-likeness (QED) is 0.742. The van der Waals surface area contributed by atoms with Gasteiger partial charge in [-0.05, 0) is 42.9 Å². The van der Waals surface area contributed by atoms with Crippen molar-refractivity contribution in [3.8, 4) is 0 Å². The van der Waals surface area contributed by atoms with Crippen LogP contribution in [0.4, 0.5) is 5.69 Å². The van der Waals surface area contributed by atoms with Crippen LogP contribution in [0.15, 0.2) is 48.6 Å². The fourth-order valence-electron chi connectivity index (χ4n) is 1.88. The lowest BCUT2D eigenvalue weighted by Crippen LogP contribution is -1.99. The third kappa shape index (κ3) is 2.98. The number of rotatable bonds is 3. The second kappa shape index (κ2) is 4.83. The van der Waals surface area contributed by atoms with Gasteiger partial charge in [-0.1, -0.05) is 36.4 Å². The molecule has 0 fully saturated rings. The van der Waals surface area contributed by atoms with E-state index in [9.17, 15) is 0 Å². The Morgan fingerprint density at radius 3 is 2.60 bits per heavy atom. The van der Waals surface area contributed by atoms with E-state index >= 15 is 0 Å². The van der Waals surface area contributed by atoms with E-state index in [1.54, 1.807) is 0 Å². The van der Waals surface area contributed by atoms with Crippen LogP contribution in [0.5, 0.6) is 0 Å². The second-order valence-corrected chi connectivity index (χ2v) is 4.09. The summed E-state index contributed by atoms with van der Waals surface area (Å²) >= 11 is 0. The predicted molar refractivity (Wildman–Crippen MR) is 65.6 cm³/mol. The minimum Gasteiger partial charge on any atom is -0.399 e. The molecular weight excluding hydrogens is 182 g/mol. The molecule has 1 aromatic carbocycles. The Bertz CT molecular complexity index is 359. The van der Waals surface area contributed by atoms with Crippen LogP contribution in [0.2, 0.25) is 0 Å². The highest BCUT2D eigenvalue weighted by Crippen LogP contribution is 2.18. The molecule has 1 aromatic rings. The number of allylic oxidation sites excluding steroid dienone is 4. The molecule has 15 heavy (non-hydrogen) atoms. The van der Waals surface area contributed by atoms with Gasteiger partial charge in [0, 0.05) is 5.69 Å². The lowest BCUT2D eigenvalue weighted by molar-refractivity contribution is 0.594. The predicted octanol–water partition coefficient (Wildman–Crippen LogP) is 3.33. The Kier molecular flexibility index (Phi) is 3.23. The van der Waals surface area contributed by atoms with Gasteiger partial charge in [0.05, 0.1) is 0 Å². The molecule has 1 aliphatic carbocycles. The van der Waals surface area contributed by atoms with Crippen molar-refractivity contribution in [3.05, 3.63) is 54.1 Å². The third-order valence-corrected chi connectivity index (χ3v) is 2.85. The number of aryl methyl sites for hydroxylation is 1. The van der Waals surface area contributed by atoms with Crippen LogP contribution in [0.25, 0.3) is 0 Å². The molecule has 0 saturated carbocycles. The maximum Gasteiger partial charge on any atom is 0.0314 e. The van der Waals surface area contributed by atoms with Crippen molar-refractivity contribution in [1.82, 2.24) is 0 Å². The van der Waals surface area contributed by atoms with Crippen molar-refractivity contribution < 1.29 is 0 Å². The van der Waals surface area contributed by atoms with Gasteiger partial charge in [-0.2, -0.15) is 0 Å². The zero-order valence-corrected chi connectivity index (χ0v) is 8.89. The summed E-state index contributed by atoms with van der Waals surface area (Å²) in [6.45, 7) is 0. The van der Waals surface area contributed by atoms with E-state index in [4.69, 9.17) is 5.73 Å². The first-order valence-electron chi connectivity index (χ1n) is 5.52. The fraction of sp³-hybridized carbons (Fsp3) is 0.286. The molecule has 0 spiro atoms. The topological polar surface area (TPSA) is 26.0 Å². The first kappa shape index (κ1) is 10.0. The van der Waals surface area contributed by atoms with Crippen molar-refractivity contribution in [2.75, 3.05) is 5.73 Å². The van der Waals surface area contributed by atoms with Crippen LogP contribution in [-0.4, -0.2) is 0 Å². The van der Waals surface area contributed by atoms with E-state index in [1.165, 1.54) is 18.4 Å². The summed E-state index contributed by atoms with van der Waals surface area (Å²) in [5.74, 6) is 0.715. The molecule has 0 heterocycles. The SMILES string of the molecule is Nc1ccc(CCC2C=CC=CC2)cc1. The Labute approximate surface area is 91.3 Å². The van der Waals surface area contributed by atoms with Gasteiger partial charge in [0.1, 0.15) is 0 Å². The van der Waals surface area contributed by atoms with Gasteiger partial charge in [0.2, 0.25) is 0 Å². The molecule has 1 unspecified atom stereocenters. The van der Waals surface area contributed by atoms with Gasteiger partial charge < -0.3 is 5.73 Å². The molecule has 0 bridgehead atoms. The number of hydrogen-bond donors (Lipinski definition) is 1. The summed E-state index contributed by atoms with van der Waals surface area (Å²) in [6.07, 6.45) is 12.4. The standard InChI is InChI=1S/C14H17N/c15-14-10-8-13(9-11-14)7-6-12-4-2-1-3-5-12/h1-4,8-12H,5-7,15H2. The minimum absolute atomic E-state index is 0.715. The molecule has 1 aliphatic rings. The average molecular weight is 199 g/mol. The third-order valence-electron chi connectivity index (χ3n) is 2.85. The zero-order valence-electron chi connectivity index (χ0n) is 8.89. The van der Waals surface area contributed by atoms with E-state index in [1.807, 2.05) is 12.1 Å². The molecule has 1 heteroatoms. The summed E-state index contributed by atoms with van der Waals surface area (Å²) in [7, 11) is 0. The molecular formula is C14H17N. The van der Waals surface area contributed by atoms with Crippen molar-refractivity contribution >= 4 is 5.69 Å². The van der Waals surface area contributed by atoms with E-state index in [0.717, 1.165) is 12.1 Å². The maximum absolute atomic E-state index is 5.65. The van der Waals surface area contributed by atoms with Gasteiger partial charge in [0.25, 0.3) is 0 Å². The fourth-order valence-corrected chi connectivity index (χ4v) is 1.88. The van der Waals surface area contributed by atoms with E-state index < -0.39 is 0 Å². The number of anilines is 1. The highest BCUT2D eigenvalue weighted by atomic mass is 14.5. The van der Waals surface area contributed by atoms with Crippen LogP contribution < -0.4 is 5.73 Å². The highest BCUT2D eigenvalue weighted by molar-refractivity contribution is 5.39. The average Bonchev–Trinajstić information content (AvgIpc) is 2.30. The number of nitrogens with two attached hydrogens (primary N) is 1. The molecule has 0 saturated heterocycles. The van der Waals surface area contributed by atoms with Crippen molar-refractivity contribution in [2.45, 2.75) is 19.3 Å². The van der Waals surface area contributed by atoms with Crippen molar-refractivity contribution in [1.29, 1.82) is 0 Å². The molecule has 1 nitrogen and oxygen atoms in total. The molecule has 0 amide bonds. The number of benzene rings is 1. The van der Waals surface area contributed by atoms with E-state index in [-0.39, 0.29) is 0 Å². The lowest BCUT2D eigenvalue weighted by Gasteiger charge is -2.12. The maximum atomic E-state index is 5.65. The molecule has 1 atom stereocenters. The largest absolute Gasteiger partial charge is 0.399 e. The number of nitrogen functional groups attached to an aromatic ring is 1. The van der Waals surface area contributed by atoms with Crippen LogP contribution in [0.1, 0.15) is 18.4 Å². The summed E-state index contributed by atoms with van der Waals surface area (Å²) in [5.41, 5.74) is 7.87. The second-order valence-electron chi connectivity index (χ2n) is 4.09. The normalized spacial score (nSPS) is 19.3. The van der Waals surface area contributed by atoms with E-state index in [0.29, 0.717) is 5.92 Å². The van der Waals surface area contributed by atoms with Crippen molar-refractivity contribution in [2.24, 2.45) is 5.92 Å². The van der Waals surface area contributed by atoms with Gasteiger partial charge in [-0.15, -0.1) is 0 Å². The number of hydrogen-bond acceptors (Lipinski definition) is 1. The zero-order chi connectivity index (χ0) is 10.5. The molecule has 2 N–H and O–H groups in total. The van der Waals surface area contributed by atoms with Crippen LogP contribution in [-0.2, 0) is 6.42 Å². The Morgan fingerprint density at radius 1 is 1.13 bits per heavy atom. The van der Waals surface area contributed by atoms with Gasteiger partial charge in [0.15, 0.2) is 0 Å². The minimum atomic E-state index is 0.715. The van der Waals surface area contributed by atoms with Crippen molar-refractivity contribution in [3.63, 3.8) is 0 Å². The Hall–Kier alpha value is -1.50. The molecule has 78 valence electrons. The molecule has 2 rings (SSSR count). The Balaban J connectivity index is 1.85. The van der Waals surface area contributed by atoms with E-state index in [2.05, 4.69) is 36.4 Å².